The van der Waals surface area contributed by atoms with Gasteiger partial charge in [-0.05, 0) is 44.0 Å². The molecule has 0 aliphatic heterocycles. The van der Waals surface area contributed by atoms with Gasteiger partial charge in [-0.1, -0.05) is 6.92 Å². The molecule has 3 aromatic heterocycles. The summed E-state index contributed by atoms with van der Waals surface area (Å²) in [4.78, 5) is 37.3. The van der Waals surface area contributed by atoms with Crippen LogP contribution < -0.4 is 5.32 Å². The molecule has 3 heterocycles. The van der Waals surface area contributed by atoms with Crippen LogP contribution in [0.3, 0.4) is 0 Å². The zero-order chi connectivity index (χ0) is 24.4. The molecule has 1 amide bonds. The summed E-state index contributed by atoms with van der Waals surface area (Å²) in [5.74, 6) is -0.517. The van der Waals surface area contributed by atoms with E-state index >= 15 is 0 Å². The van der Waals surface area contributed by atoms with Crippen molar-refractivity contribution in [1.82, 2.24) is 19.4 Å². The van der Waals surface area contributed by atoms with Crippen LogP contribution in [0.15, 0.2) is 41.2 Å². The van der Waals surface area contributed by atoms with E-state index in [1.807, 2.05) is 13.8 Å². The first-order valence-electron chi connectivity index (χ1n) is 10.8. The smallest absolute Gasteiger partial charge is 0.310 e. The van der Waals surface area contributed by atoms with Crippen molar-refractivity contribution >= 4 is 23.3 Å². The van der Waals surface area contributed by atoms with E-state index < -0.39 is 11.7 Å². The molecule has 0 bridgehead atoms. The van der Waals surface area contributed by atoms with Crippen molar-refractivity contribution in [1.29, 1.82) is 0 Å². The third-order valence-corrected chi connectivity index (χ3v) is 5.23. The number of hydrogen-bond donors (Lipinski definition) is 1. The van der Waals surface area contributed by atoms with Crippen molar-refractivity contribution in [3.05, 3.63) is 65.5 Å². The van der Waals surface area contributed by atoms with Crippen LogP contribution in [-0.4, -0.2) is 37.3 Å². The van der Waals surface area contributed by atoms with Crippen LogP contribution in [0.2, 0.25) is 0 Å². The molecule has 4 rings (SSSR count). The van der Waals surface area contributed by atoms with Gasteiger partial charge in [0.15, 0.2) is 5.89 Å². The lowest BCUT2D eigenvalue weighted by Gasteiger charge is -2.10. The molecule has 0 aliphatic carbocycles. The normalized spacial score (nSPS) is 12.0. The second-order valence-electron chi connectivity index (χ2n) is 7.98. The summed E-state index contributed by atoms with van der Waals surface area (Å²) in [7, 11) is 0. The lowest BCUT2D eigenvalue weighted by molar-refractivity contribution is -0.147. The number of nitrogens with zero attached hydrogens (tertiary/aromatic N) is 4. The third-order valence-electron chi connectivity index (χ3n) is 5.23. The zero-order valence-electron chi connectivity index (χ0n) is 19.3. The Morgan fingerprint density at radius 1 is 1.24 bits per heavy atom. The zero-order valence-corrected chi connectivity index (χ0v) is 19.3. The Labute approximate surface area is 195 Å². The van der Waals surface area contributed by atoms with E-state index in [9.17, 15) is 14.0 Å². The van der Waals surface area contributed by atoms with Gasteiger partial charge in [0.05, 0.1) is 23.9 Å². The lowest BCUT2D eigenvalue weighted by atomic mass is 10.1. The minimum absolute atomic E-state index is 0.0667. The molecular weight excluding hydrogens is 441 g/mol. The maximum absolute atomic E-state index is 14.6. The molecule has 0 fully saturated rings. The molecule has 10 heteroatoms. The molecule has 1 atom stereocenters. The quantitative estimate of drug-likeness (QED) is 0.406. The van der Waals surface area contributed by atoms with E-state index in [4.69, 9.17) is 9.15 Å². The second-order valence-corrected chi connectivity index (χ2v) is 7.98. The third kappa shape index (κ3) is 4.95. The van der Waals surface area contributed by atoms with Gasteiger partial charge in [0.1, 0.15) is 5.82 Å². The van der Waals surface area contributed by atoms with E-state index in [2.05, 4.69) is 20.3 Å². The molecule has 0 saturated heterocycles. The molecule has 176 valence electrons. The van der Waals surface area contributed by atoms with Gasteiger partial charge >= 0.3 is 5.97 Å². The Morgan fingerprint density at radius 3 is 2.74 bits per heavy atom. The number of benzene rings is 1. The van der Waals surface area contributed by atoms with Crippen LogP contribution in [0.1, 0.15) is 48.0 Å². The summed E-state index contributed by atoms with van der Waals surface area (Å²) in [5.41, 5.74) is 1.99. The average molecular weight is 465 g/mol. The van der Waals surface area contributed by atoms with Crippen LogP contribution in [0.4, 0.5) is 10.1 Å². The Hall–Kier alpha value is -4.08. The number of oxazole rings is 1. The van der Waals surface area contributed by atoms with E-state index in [-0.39, 0.29) is 29.8 Å². The van der Waals surface area contributed by atoms with Gasteiger partial charge in [-0.3, -0.25) is 14.0 Å². The van der Waals surface area contributed by atoms with Gasteiger partial charge < -0.3 is 14.5 Å². The summed E-state index contributed by atoms with van der Waals surface area (Å²) in [6, 6.07) is 4.18. The van der Waals surface area contributed by atoms with Crippen LogP contribution in [0.5, 0.6) is 0 Å². The van der Waals surface area contributed by atoms with Crippen molar-refractivity contribution in [2.75, 3.05) is 5.32 Å². The Kier molecular flexibility index (Phi) is 6.40. The first-order valence-corrected chi connectivity index (χ1v) is 10.8. The highest BCUT2D eigenvalue weighted by Gasteiger charge is 2.18. The maximum Gasteiger partial charge on any atom is 0.310 e. The molecule has 1 N–H and O–H groups in total. The number of halogens is 1. The number of nitrogens with one attached hydrogen (secondary N) is 1. The highest BCUT2D eigenvalue weighted by atomic mass is 19.1. The van der Waals surface area contributed by atoms with E-state index in [0.29, 0.717) is 34.3 Å². The molecule has 1 aromatic carbocycles. The summed E-state index contributed by atoms with van der Waals surface area (Å²) < 4.78 is 26.9. The number of rotatable bonds is 7. The van der Waals surface area contributed by atoms with Crippen LogP contribution in [-0.2, 0) is 16.0 Å². The minimum atomic E-state index is -0.509. The standard InChI is InChI=1S/C24H24FN5O4/c1-5-13(2)33-21(31)8-16-10-26-24-29-20(12-30(24)11-16)18-9-17(6-7-19(18)25)28-23(32)22-14(3)27-15(4)34-22/h6-7,9-13H,5,8H2,1-4H3,(H,28,32). The van der Waals surface area contributed by atoms with Crippen molar-refractivity contribution in [3.8, 4) is 11.3 Å². The van der Waals surface area contributed by atoms with Crippen molar-refractivity contribution in [2.45, 2.75) is 46.6 Å². The Balaban J connectivity index is 1.57. The highest BCUT2D eigenvalue weighted by molar-refractivity contribution is 6.03. The fourth-order valence-electron chi connectivity index (χ4n) is 3.39. The summed E-state index contributed by atoms with van der Waals surface area (Å²) in [6.45, 7) is 7.09. The summed E-state index contributed by atoms with van der Waals surface area (Å²) in [6.07, 6.45) is 5.50. The number of imidazole rings is 1. The number of hydrogen-bond acceptors (Lipinski definition) is 7. The monoisotopic (exact) mass is 465 g/mol. The predicted octanol–water partition coefficient (Wildman–Crippen LogP) is 4.28. The number of aryl methyl sites for hydroxylation is 2. The number of amides is 1. The van der Waals surface area contributed by atoms with Crippen LogP contribution in [0.25, 0.3) is 17.0 Å². The predicted molar refractivity (Wildman–Crippen MR) is 122 cm³/mol. The molecule has 34 heavy (non-hydrogen) atoms. The van der Waals surface area contributed by atoms with Gasteiger partial charge in [0, 0.05) is 36.8 Å². The number of carbonyl (C=O) groups is 2. The van der Waals surface area contributed by atoms with Crippen LogP contribution >= 0.6 is 0 Å². The summed E-state index contributed by atoms with van der Waals surface area (Å²) >= 11 is 0. The molecule has 0 aliphatic rings. The molecule has 1 unspecified atom stereocenters. The Morgan fingerprint density at radius 2 is 2.03 bits per heavy atom. The fourth-order valence-corrected chi connectivity index (χ4v) is 3.39. The van der Waals surface area contributed by atoms with Crippen molar-refractivity contribution < 1.29 is 23.1 Å². The largest absolute Gasteiger partial charge is 0.462 e. The number of carbonyl (C=O) groups excluding carboxylic acids is 2. The minimum Gasteiger partial charge on any atom is -0.462 e. The second kappa shape index (κ2) is 9.42. The number of fused-ring (bicyclic) bond motifs is 1. The van der Waals surface area contributed by atoms with Crippen LogP contribution in [0, 0.1) is 19.7 Å². The molecule has 9 nitrogen and oxygen atoms in total. The molecule has 0 spiro atoms. The maximum atomic E-state index is 14.6. The highest BCUT2D eigenvalue weighted by Crippen LogP contribution is 2.26. The number of esters is 1. The van der Waals surface area contributed by atoms with E-state index in [0.717, 1.165) is 6.42 Å². The topological polar surface area (TPSA) is 112 Å². The van der Waals surface area contributed by atoms with Crippen molar-refractivity contribution in [3.63, 3.8) is 0 Å². The van der Waals surface area contributed by atoms with E-state index in [1.54, 1.807) is 36.8 Å². The number of ether oxygens (including phenoxy) is 1. The number of anilines is 1. The first-order chi connectivity index (χ1) is 16.2. The van der Waals surface area contributed by atoms with Gasteiger partial charge in [0.2, 0.25) is 11.5 Å². The van der Waals surface area contributed by atoms with E-state index in [1.165, 1.54) is 18.2 Å². The number of aromatic nitrogens is 4. The SMILES string of the molecule is CCC(C)OC(=O)Cc1cnc2nc(-c3cc(NC(=O)c4oc(C)nc4C)ccc3F)cn2c1. The van der Waals surface area contributed by atoms with Gasteiger partial charge in [0.25, 0.3) is 5.91 Å². The summed E-state index contributed by atoms with van der Waals surface area (Å²) in [5, 5.41) is 2.69. The van der Waals surface area contributed by atoms with Gasteiger partial charge in [-0.25, -0.2) is 19.3 Å². The molecular formula is C24H24FN5O4. The lowest BCUT2D eigenvalue weighted by Crippen LogP contribution is -2.16. The fraction of sp³-hybridized carbons (Fsp3) is 0.292. The average Bonchev–Trinajstić information content (AvgIpc) is 3.36. The van der Waals surface area contributed by atoms with Gasteiger partial charge in [-0.15, -0.1) is 0 Å². The first kappa shape index (κ1) is 23.1. The Bertz CT molecular complexity index is 1380. The molecule has 0 saturated carbocycles. The van der Waals surface area contributed by atoms with Crippen molar-refractivity contribution in [2.24, 2.45) is 0 Å². The van der Waals surface area contributed by atoms with Gasteiger partial charge in [-0.2, -0.15) is 0 Å². The molecule has 0 radical (unpaired) electrons. The molecule has 4 aromatic rings.